The molecule has 3 unspecified atom stereocenters. The van der Waals surface area contributed by atoms with Gasteiger partial charge in [0.25, 0.3) is 0 Å². The average Bonchev–Trinajstić information content (AvgIpc) is 3.14. The Bertz CT molecular complexity index is 566. The Morgan fingerprint density at radius 2 is 2.19 bits per heavy atom. The molecule has 114 valence electrons. The Morgan fingerprint density at radius 3 is 2.81 bits per heavy atom. The van der Waals surface area contributed by atoms with Gasteiger partial charge in [0.15, 0.2) is 0 Å². The molecule has 3 atom stereocenters. The van der Waals surface area contributed by atoms with Crippen molar-refractivity contribution in [3.63, 3.8) is 0 Å². The Balaban J connectivity index is 1.66. The van der Waals surface area contributed by atoms with Crippen LogP contribution in [0.3, 0.4) is 0 Å². The number of rotatable bonds is 4. The molecular formula is C16H21NO3S. The lowest BCUT2D eigenvalue weighted by atomic mass is 9.88. The highest BCUT2D eigenvalue weighted by atomic mass is 32.1. The molecule has 1 N–H and O–H groups in total. The third kappa shape index (κ3) is 2.84. The molecule has 1 amide bonds. The zero-order valence-corrected chi connectivity index (χ0v) is 13.3. The normalized spacial score (nSPS) is 26.9. The van der Waals surface area contributed by atoms with Gasteiger partial charge in [0.2, 0.25) is 5.91 Å². The summed E-state index contributed by atoms with van der Waals surface area (Å²) in [6, 6.07) is 1.86. The third-order valence-electron chi connectivity index (χ3n) is 4.70. The van der Waals surface area contributed by atoms with Crippen LogP contribution in [0.5, 0.6) is 0 Å². The summed E-state index contributed by atoms with van der Waals surface area (Å²) in [7, 11) is 0. The van der Waals surface area contributed by atoms with Crippen molar-refractivity contribution in [2.24, 2.45) is 17.8 Å². The molecule has 1 aromatic heterocycles. The fourth-order valence-electron chi connectivity index (χ4n) is 3.72. The van der Waals surface area contributed by atoms with Crippen LogP contribution in [-0.4, -0.2) is 18.5 Å². The van der Waals surface area contributed by atoms with Crippen LogP contribution in [0.15, 0.2) is 6.07 Å². The standard InChI is InChI=1S/C16H21NO3S/c1-3-20-16(19)14-9(2)6-13(21-14)17-15(18)12-8-10-4-5-11(12)7-10/h6,10-12H,3-5,7-8H2,1-2H3,(H,17,18). The summed E-state index contributed by atoms with van der Waals surface area (Å²) in [5.41, 5.74) is 0.863. The van der Waals surface area contributed by atoms with Gasteiger partial charge in [-0.05, 0) is 56.6 Å². The molecule has 0 saturated heterocycles. The first-order valence-corrected chi connectivity index (χ1v) is 8.48. The van der Waals surface area contributed by atoms with Crippen molar-refractivity contribution in [1.82, 2.24) is 0 Å². The summed E-state index contributed by atoms with van der Waals surface area (Å²) >= 11 is 1.31. The SMILES string of the molecule is CCOC(=O)c1sc(NC(=O)C2CC3CCC2C3)cc1C. The van der Waals surface area contributed by atoms with Crippen LogP contribution in [0.2, 0.25) is 0 Å². The van der Waals surface area contributed by atoms with Gasteiger partial charge in [0.1, 0.15) is 4.88 Å². The van der Waals surface area contributed by atoms with Crippen molar-refractivity contribution in [3.8, 4) is 0 Å². The topological polar surface area (TPSA) is 55.4 Å². The van der Waals surface area contributed by atoms with E-state index in [1.807, 2.05) is 13.0 Å². The summed E-state index contributed by atoms with van der Waals surface area (Å²) < 4.78 is 5.03. The lowest BCUT2D eigenvalue weighted by Crippen LogP contribution is -2.26. The van der Waals surface area contributed by atoms with E-state index < -0.39 is 0 Å². The molecule has 0 radical (unpaired) electrons. The predicted octanol–water partition coefficient (Wildman–Crippen LogP) is 3.61. The molecule has 0 aliphatic heterocycles. The Morgan fingerprint density at radius 1 is 1.38 bits per heavy atom. The number of carbonyl (C=O) groups excluding carboxylic acids is 2. The minimum Gasteiger partial charge on any atom is -0.462 e. The number of anilines is 1. The molecule has 4 nitrogen and oxygen atoms in total. The van der Waals surface area contributed by atoms with Gasteiger partial charge in [-0.2, -0.15) is 0 Å². The summed E-state index contributed by atoms with van der Waals surface area (Å²) in [6.07, 6.45) is 4.74. The number of aryl methyl sites for hydroxylation is 1. The Kier molecular flexibility index (Phi) is 4.02. The number of hydrogen-bond acceptors (Lipinski definition) is 4. The highest BCUT2D eigenvalue weighted by molar-refractivity contribution is 7.18. The average molecular weight is 307 g/mol. The van der Waals surface area contributed by atoms with Crippen molar-refractivity contribution >= 4 is 28.2 Å². The van der Waals surface area contributed by atoms with Gasteiger partial charge in [-0.1, -0.05) is 6.42 Å². The van der Waals surface area contributed by atoms with Gasteiger partial charge in [0.05, 0.1) is 11.6 Å². The highest BCUT2D eigenvalue weighted by Gasteiger charge is 2.43. The molecule has 21 heavy (non-hydrogen) atoms. The molecule has 2 aliphatic carbocycles. The molecule has 3 rings (SSSR count). The molecule has 0 spiro atoms. The lowest BCUT2D eigenvalue weighted by molar-refractivity contribution is -0.121. The quantitative estimate of drug-likeness (QED) is 0.865. The van der Waals surface area contributed by atoms with Gasteiger partial charge in [-0.25, -0.2) is 4.79 Å². The van der Waals surface area contributed by atoms with Crippen LogP contribution < -0.4 is 5.32 Å². The van der Waals surface area contributed by atoms with Crippen molar-refractivity contribution in [2.45, 2.75) is 39.5 Å². The van der Waals surface area contributed by atoms with E-state index in [1.165, 1.54) is 30.6 Å². The first-order valence-electron chi connectivity index (χ1n) is 7.67. The molecular weight excluding hydrogens is 286 g/mol. The van der Waals surface area contributed by atoms with Crippen LogP contribution in [0.4, 0.5) is 5.00 Å². The second-order valence-corrected chi connectivity index (χ2v) is 7.17. The number of hydrogen-bond donors (Lipinski definition) is 1. The fourth-order valence-corrected chi connectivity index (χ4v) is 4.69. The van der Waals surface area contributed by atoms with Gasteiger partial charge < -0.3 is 10.1 Å². The second-order valence-electron chi connectivity index (χ2n) is 6.11. The van der Waals surface area contributed by atoms with Gasteiger partial charge in [-0.15, -0.1) is 11.3 Å². The summed E-state index contributed by atoms with van der Waals surface area (Å²) in [5, 5.41) is 3.75. The number of fused-ring (bicyclic) bond motifs is 2. The highest BCUT2D eigenvalue weighted by Crippen LogP contribution is 2.48. The van der Waals surface area contributed by atoms with E-state index in [9.17, 15) is 9.59 Å². The Hall–Kier alpha value is -1.36. The second kappa shape index (κ2) is 5.79. The maximum atomic E-state index is 12.4. The van der Waals surface area contributed by atoms with Gasteiger partial charge in [0, 0.05) is 5.92 Å². The fraction of sp³-hybridized carbons (Fsp3) is 0.625. The van der Waals surface area contributed by atoms with E-state index in [2.05, 4.69) is 5.32 Å². The van der Waals surface area contributed by atoms with E-state index in [4.69, 9.17) is 4.74 Å². The monoisotopic (exact) mass is 307 g/mol. The predicted molar refractivity (Wildman–Crippen MR) is 82.6 cm³/mol. The zero-order chi connectivity index (χ0) is 15.0. The molecule has 1 heterocycles. The Labute approximate surface area is 128 Å². The van der Waals surface area contributed by atoms with Crippen LogP contribution in [0.1, 0.15) is 47.8 Å². The number of esters is 1. The number of thiophene rings is 1. The molecule has 2 saturated carbocycles. The molecule has 2 aliphatic rings. The molecule has 1 aromatic rings. The van der Waals surface area contributed by atoms with Crippen molar-refractivity contribution in [3.05, 3.63) is 16.5 Å². The third-order valence-corrected chi connectivity index (χ3v) is 5.83. The lowest BCUT2D eigenvalue weighted by Gasteiger charge is -2.20. The van der Waals surface area contributed by atoms with E-state index in [0.717, 1.165) is 22.9 Å². The number of nitrogens with one attached hydrogen (secondary N) is 1. The van der Waals surface area contributed by atoms with Crippen LogP contribution in [0.25, 0.3) is 0 Å². The molecule has 2 fully saturated rings. The summed E-state index contributed by atoms with van der Waals surface area (Å²) in [5.74, 6) is 1.31. The first-order chi connectivity index (χ1) is 10.1. The van der Waals surface area contributed by atoms with E-state index >= 15 is 0 Å². The number of ether oxygens (including phenoxy) is 1. The van der Waals surface area contributed by atoms with Crippen molar-refractivity contribution < 1.29 is 14.3 Å². The summed E-state index contributed by atoms with van der Waals surface area (Å²) in [6.45, 7) is 4.03. The first kappa shape index (κ1) is 14.6. The minimum absolute atomic E-state index is 0.124. The van der Waals surface area contributed by atoms with Crippen molar-refractivity contribution in [2.75, 3.05) is 11.9 Å². The van der Waals surface area contributed by atoms with Gasteiger partial charge in [-0.3, -0.25) is 4.79 Å². The van der Waals surface area contributed by atoms with E-state index in [1.54, 1.807) is 6.92 Å². The smallest absolute Gasteiger partial charge is 0.348 e. The largest absolute Gasteiger partial charge is 0.462 e. The number of carbonyl (C=O) groups is 2. The van der Waals surface area contributed by atoms with Gasteiger partial charge >= 0.3 is 5.97 Å². The molecule has 0 aromatic carbocycles. The van der Waals surface area contributed by atoms with E-state index in [-0.39, 0.29) is 17.8 Å². The maximum absolute atomic E-state index is 12.4. The zero-order valence-electron chi connectivity index (χ0n) is 12.5. The van der Waals surface area contributed by atoms with E-state index in [0.29, 0.717) is 17.4 Å². The molecule has 2 bridgehead atoms. The van der Waals surface area contributed by atoms with Crippen LogP contribution in [-0.2, 0) is 9.53 Å². The molecule has 5 heteroatoms. The number of amides is 1. The maximum Gasteiger partial charge on any atom is 0.348 e. The minimum atomic E-state index is -0.305. The van der Waals surface area contributed by atoms with Crippen LogP contribution in [0, 0.1) is 24.7 Å². The summed E-state index contributed by atoms with van der Waals surface area (Å²) in [4.78, 5) is 24.8. The van der Waals surface area contributed by atoms with Crippen molar-refractivity contribution in [1.29, 1.82) is 0 Å². The van der Waals surface area contributed by atoms with Crippen LogP contribution >= 0.6 is 11.3 Å².